The average molecular weight is 633 g/mol. The van der Waals surface area contributed by atoms with Crippen LogP contribution in [0.3, 0.4) is 0 Å². The lowest BCUT2D eigenvalue weighted by molar-refractivity contribution is -0.304. The first-order chi connectivity index (χ1) is 21.9. The Morgan fingerprint density at radius 1 is 0.935 bits per heavy atom. The molecule has 1 aliphatic heterocycles. The Morgan fingerprint density at radius 3 is 2.02 bits per heavy atom. The van der Waals surface area contributed by atoms with Gasteiger partial charge in [-0.15, -0.1) is 0 Å². The first-order valence-electron chi connectivity index (χ1n) is 14.2. The summed E-state index contributed by atoms with van der Waals surface area (Å²) >= 11 is 0. The molecule has 46 heavy (non-hydrogen) atoms. The van der Waals surface area contributed by atoms with E-state index in [0.29, 0.717) is 4.90 Å². The van der Waals surface area contributed by atoms with E-state index >= 15 is 0 Å². The standard InChI is InChI=1S/C33H32N2O11/c1-17-21(43-31-24(37)26(45-32(34)41)27(42-4)33(2,3)46-31)16-15-20-23(36)22(30(40)44-25(17)20)35(28(38)18-11-7-5-8-12-18)29(39)19-13-9-6-10-14-19/h5-16,24,26-27,31,36-37H,1-4H3,(H2,34,41)/t24-,26+,27+,31-/m1/s1. The van der Waals surface area contributed by atoms with E-state index in [1.807, 2.05) is 0 Å². The van der Waals surface area contributed by atoms with Gasteiger partial charge in [0.1, 0.15) is 17.4 Å². The van der Waals surface area contributed by atoms with E-state index in [4.69, 9.17) is 29.1 Å². The van der Waals surface area contributed by atoms with Crippen molar-refractivity contribution in [1.82, 2.24) is 0 Å². The number of carbonyl (C=O) groups is 3. The summed E-state index contributed by atoms with van der Waals surface area (Å²) in [6.45, 7) is 4.81. The highest BCUT2D eigenvalue weighted by Crippen LogP contribution is 2.40. The van der Waals surface area contributed by atoms with E-state index in [9.17, 15) is 29.4 Å². The summed E-state index contributed by atoms with van der Waals surface area (Å²) in [6.07, 6.45) is -6.24. The number of benzene rings is 3. The molecule has 1 saturated heterocycles. The van der Waals surface area contributed by atoms with Crippen molar-refractivity contribution < 1.29 is 48.0 Å². The van der Waals surface area contributed by atoms with Crippen molar-refractivity contribution in [2.24, 2.45) is 5.73 Å². The number of amides is 3. The van der Waals surface area contributed by atoms with Crippen LogP contribution in [0, 0.1) is 6.92 Å². The molecule has 0 radical (unpaired) electrons. The summed E-state index contributed by atoms with van der Waals surface area (Å²) < 4.78 is 28.1. The Bertz CT molecular complexity index is 1790. The smallest absolute Gasteiger partial charge is 0.404 e. The summed E-state index contributed by atoms with van der Waals surface area (Å²) in [7, 11) is 1.36. The van der Waals surface area contributed by atoms with Crippen LogP contribution in [-0.2, 0) is 14.2 Å². The number of aliphatic hydroxyl groups excluding tert-OH is 1. The van der Waals surface area contributed by atoms with Gasteiger partial charge in [-0.05, 0) is 57.2 Å². The number of nitrogens with two attached hydrogens (primary N) is 1. The number of primary amides is 1. The molecule has 0 spiro atoms. The second-order valence-electron chi connectivity index (χ2n) is 11.1. The topological polar surface area (TPSA) is 188 Å². The van der Waals surface area contributed by atoms with Crippen molar-refractivity contribution in [2.45, 2.75) is 51.0 Å². The van der Waals surface area contributed by atoms with Crippen molar-refractivity contribution in [3.63, 3.8) is 0 Å². The van der Waals surface area contributed by atoms with Crippen LogP contribution >= 0.6 is 0 Å². The molecule has 3 amide bonds. The number of nitrogens with zero attached hydrogens (tertiary/aromatic N) is 1. The van der Waals surface area contributed by atoms with Gasteiger partial charge >= 0.3 is 11.7 Å². The second kappa shape index (κ2) is 12.6. The Balaban J connectivity index is 1.57. The lowest BCUT2D eigenvalue weighted by Gasteiger charge is -2.47. The number of fused-ring (bicyclic) bond motifs is 1. The molecule has 4 atom stereocenters. The highest BCUT2D eigenvalue weighted by molar-refractivity contribution is 6.26. The van der Waals surface area contributed by atoms with Crippen LogP contribution in [0.2, 0.25) is 0 Å². The van der Waals surface area contributed by atoms with Gasteiger partial charge in [-0.2, -0.15) is 0 Å². The van der Waals surface area contributed by atoms with E-state index in [2.05, 4.69) is 0 Å². The second-order valence-corrected chi connectivity index (χ2v) is 11.1. The Hall–Kier alpha value is -5.24. The van der Waals surface area contributed by atoms with Crippen LogP contribution in [0.15, 0.2) is 82.0 Å². The normalized spacial score (nSPS) is 20.5. The molecule has 1 aliphatic rings. The fourth-order valence-corrected chi connectivity index (χ4v) is 5.46. The van der Waals surface area contributed by atoms with Crippen LogP contribution in [0.5, 0.6) is 11.5 Å². The molecule has 13 nitrogen and oxygen atoms in total. The van der Waals surface area contributed by atoms with Crippen molar-refractivity contribution in [2.75, 3.05) is 12.0 Å². The first kappa shape index (κ1) is 32.2. The molecule has 240 valence electrons. The maximum atomic E-state index is 13.7. The first-order valence-corrected chi connectivity index (χ1v) is 14.2. The molecule has 0 saturated carbocycles. The number of anilines is 1. The van der Waals surface area contributed by atoms with E-state index in [-0.39, 0.29) is 33.4 Å². The minimum Gasteiger partial charge on any atom is -0.505 e. The third-order valence-corrected chi connectivity index (χ3v) is 7.66. The summed E-state index contributed by atoms with van der Waals surface area (Å²) in [5, 5.41) is 22.4. The van der Waals surface area contributed by atoms with Gasteiger partial charge < -0.3 is 39.3 Å². The zero-order valence-corrected chi connectivity index (χ0v) is 25.3. The average Bonchev–Trinajstić information content (AvgIpc) is 3.03. The number of imide groups is 1. The molecule has 0 aliphatic carbocycles. The van der Waals surface area contributed by atoms with Gasteiger partial charge in [0.05, 0.1) is 11.0 Å². The fourth-order valence-electron chi connectivity index (χ4n) is 5.46. The van der Waals surface area contributed by atoms with E-state index < -0.39 is 65.2 Å². The third-order valence-electron chi connectivity index (χ3n) is 7.66. The molecule has 0 unspecified atom stereocenters. The molecular weight excluding hydrogens is 600 g/mol. The van der Waals surface area contributed by atoms with Gasteiger partial charge in [0.25, 0.3) is 11.8 Å². The largest absolute Gasteiger partial charge is 0.505 e. The van der Waals surface area contributed by atoms with Gasteiger partial charge in [-0.25, -0.2) is 14.5 Å². The fraction of sp³-hybridized carbons (Fsp3) is 0.273. The van der Waals surface area contributed by atoms with Gasteiger partial charge in [0.2, 0.25) is 6.29 Å². The summed E-state index contributed by atoms with van der Waals surface area (Å²) in [5.74, 6) is -2.32. The maximum absolute atomic E-state index is 13.7. The van der Waals surface area contributed by atoms with Gasteiger partial charge in [0, 0.05) is 23.8 Å². The van der Waals surface area contributed by atoms with Crippen LogP contribution in [-0.4, -0.2) is 65.4 Å². The number of hydrogen-bond donors (Lipinski definition) is 3. The minimum absolute atomic E-state index is 0.00833. The lowest BCUT2D eigenvalue weighted by Crippen LogP contribution is -2.65. The molecular formula is C33H32N2O11. The highest BCUT2D eigenvalue weighted by atomic mass is 16.7. The van der Waals surface area contributed by atoms with E-state index in [1.165, 1.54) is 50.4 Å². The Kier molecular flexibility index (Phi) is 8.83. The van der Waals surface area contributed by atoms with Gasteiger partial charge in [-0.3, -0.25) is 9.59 Å². The minimum atomic E-state index is -1.55. The molecule has 13 heteroatoms. The summed E-state index contributed by atoms with van der Waals surface area (Å²) in [4.78, 5) is 53.0. The van der Waals surface area contributed by atoms with Crippen molar-refractivity contribution in [3.8, 4) is 11.5 Å². The zero-order valence-electron chi connectivity index (χ0n) is 25.3. The highest BCUT2D eigenvalue weighted by Gasteiger charge is 2.53. The summed E-state index contributed by atoms with van der Waals surface area (Å²) in [6, 6.07) is 18.4. The lowest BCUT2D eigenvalue weighted by atomic mass is 9.89. The number of carbonyl (C=O) groups excluding carboxylic acids is 3. The molecule has 2 heterocycles. The van der Waals surface area contributed by atoms with Crippen molar-refractivity contribution in [1.29, 1.82) is 0 Å². The van der Waals surface area contributed by atoms with Crippen molar-refractivity contribution in [3.05, 3.63) is 99.9 Å². The molecule has 4 aromatic rings. The number of hydrogen-bond acceptors (Lipinski definition) is 11. The number of aromatic hydroxyl groups is 1. The van der Waals surface area contributed by atoms with Crippen molar-refractivity contribution >= 4 is 34.6 Å². The Labute approximate surface area is 262 Å². The van der Waals surface area contributed by atoms with Crippen LogP contribution in [0.4, 0.5) is 10.5 Å². The zero-order chi connectivity index (χ0) is 33.3. The predicted octanol–water partition coefficient (Wildman–Crippen LogP) is 3.65. The number of ether oxygens (including phenoxy) is 4. The molecule has 5 rings (SSSR count). The van der Waals surface area contributed by atoms with Crippen LogP contribution < -0.4 is 21.0 Å². The van der Waals surface area contributed by atoms with Gasteiger partial charge in [0.15, 0.2) is 23.6 Å². The number of rotatable bonds is 7. The van der Waals surface area contributed by atoms with E-state index in [1.54, 1.807) is 50.2 Å². The maximum Gasteiger partial charge on any atom is 0.404 e. The monoisotopic (exact) mass is 632 g/mol. The number of methoxy groups -OCH3 is 1. The SMILES string of the molecule is CO[C@H]1[C@@H](OC(N)=O)[C@@H](O)[C@H](Oc2ccc3c(O)c(N(C(=O)c4ccccc4)C(=O)c4ccccc4)c(=O)oc3c2C)OC1(C)C. The molecule has 4 N–H and O–H groups in total. The van der Waals surface area contributed by atoms with Crippen LogP contribution in [0.25, 0.3) is 11.0 Å². The molecule has 3 aromatic carbocycles. The number of aliphatic hydroxyl groups is 1. The Morgan fingerprint density at radius 2 is 1.50 bits per heavy atom. The predicted molar refractivity (Wildman–Crippen MR) is 164 cm³/mol. The van der Waals surface area contributed by atoms with Crippen LogP contribution in [0.1, 0.15) is 40.1 Å². The molecule has 1 fully saturated rings. The third kappa shape index (κ3) is 5.90. The summed E-state index contributed by atoms with van der Waals surface area (Å²) in [5.41, 5.74) is 2.53. The van der Waals surface area contributed by atoms with E-state index in [0.717, 1.165) is 0 Å². The number of aryl methyl sites for hydroxylation is 1. The van der Waals surface area contributed by atoms with Gasteiger partial charge in [-0.1, -0.05) is 36.4 Å². The molecule has 1 aromatic heterocycles. The molecule has 0 bridgehead atoms. The quantitative estimate of drug-likeness (QED) is 0.199.